The molecule has 0 saturated carbocycles. The summed E-state index contributed by atoms with van der Waals surface area (Å²) in [6, 6.07) is 28.2. The minimum atomic E-state index is 1.25. The van der Waals surface area contributed by atoms with Crippen molar-refractivity contribution in [3.63, 3.8) is 0 Å². The average molecular weight is 328 g/mol. The zero-order valence-electron chi connectivity index (χ0n) is 15.0. The molecule has 0 amide bonds. The van der Waals surface area contributed by atoms with Crippen LogP contribution < -0.4 is 10.6 Å². The quantitative estimate of drug-likeness (QED) is 0.541. The maximum atomic E-state index is 4.50. The minimum Gasteiger partial charge on any atom is -0.377 e. The highest BCUT2D eigenvalue weighted by atomic mass is 15.1. The lowest BCUT2D eigenvalue weighted by atomic mass is 9.92. The average Bonchev–Trinajstić information content (AvgIpc) is 2.68. The molecule has 4 aromatic carbocycles. The summed E-state index contributed by atoms with van der Waals surface area (Å²) in [5, 5.41) is 5.16. The van der Waals surface area contributed by atoms with Crippen molar-refractivity contribution in [1.29, 1.82) is 0 Å². The van der Waals surface area contributed by atoms with Gasteiger partial charge in [0.25, 0.3) is 0 Å². The maximum Gasteiger partial charge on any atom is 0.0447 e. The standard InChI is InChI=1S/C22H19N.CH5N/c1-23(2)21-15-14-17-9-4-6-12-19(17)22(21)20-13-7-10-16-8-3-5-11-18(16)20;1-2/h3-15H,1-2H3;2H2,1H3. The van der Waals surface area contributed by atoms with Gasteiger partial charge in [-0.1, -0.05) is 72.8 Å². The van der Waals surface area contributed by atoms with Crippen molar-refractivity contribution >= 4 is 27.2 Å². The first-order valence-corrected chi connectivity index (χ1v) is 8.50. The molecule has 0 spiro atoms. The second kappa shape index (κ2) is 7.37. The summed E-state index contributed by atoms with van der Waals surface area (Å²) in [5.74, 6) is 0. The second-order valence-electron chi connectivity index (χ2n) is 6.10. The molecule has 4 aromatic rings. The molecular weight excluding hydrogens is 304 g/mol. The van der Waals surface area contributed by atoms with Crippen molar-refractivity contribution < 1.29 is 0 Å². The number of benzene rings is 4. The summed E-state index contributed by atoms with van der Waals surface area (Å²) < 4.78 is 0. The molecule has 2 nitrogen and oxygen atoms in total. The van der Waals surface area contributed by atoms with E-state index in [4.69, 9.17) is 0 Å². The van der Waals surface area contributed by atoms with Crippen molar-refractivity contribution in [2.75, 3.05) is 26.0 Å². The van der Waals surface area contributed by atoms with Gasteiger partial charge in [-0.15, -0.1) is 0 Å². The van der Waals surface area contributed by atoms with Gasteiger partial charge in [0.1, 0.15) is 0 Å². The third-order valence-electron chi connectivity index (χ3n) is 4.45. The van der Waals surface area contributed by atoms with Crippen molar-refractivity contribution in [1.82, 2.24) is 0 Å². The smallest absolute Gasteiger partial charge is 0.0447 e. The van der Waals surface area contributed by atoms with Crippen LogP contribution in [-0.2, 0) is 0 Å². The molecular formula is C23H24N2. The Bertz CT molecular complexity index is 998. The van der Waals surface area contributed by atoms with Crippen LogP contribution in [-0.4, -0.2) is 21.1 Å². The fourth-order valence-electron chi connectivity index (χ4n) is 3.36. The van der Waals surface area contributed by atoms with E-state index in [1.165, 1.54) is 45.4 Å². The first-order valence-electron chi connectivity index (χ1n) is 8.50. The molecule has 0 aliphatic heterocycles. The first kappa shape index (κ1) is 17.0. The molecule has 0 bridgehead atoms. The molecule has 0 aliphatic rings. The number of fused-ring (bicyclic) bond motifs is 2. The van der Waals surface area contributed by atoms with E-state index in [2.05, 4.69) is 104 Å². The molecule has 0 radical (unpaired) electrons. The van der Waals surface area contributed by atoms with Crippen LogP contribution in [0.2, 0.25) is 0 Å². The molecule has 2 heteroatoms. The SMILES string of the molecule is CN.CN(C)c1ccc2ccccc2c1-c1cccc2ccccc12. The summed E-state index contributed by atoms with van der Waals surface area (Å²) in [4.78, 5) is 2.20. The molecule has 0 heterocycles. The number of nitrogens with zero attached hydrogens (tertiary/aromatic N) is 1. The third kappa shape index (κ3) is 3.09. The molecule has 25 heavy (non-hydrogen) atoms. The molecule has 0 aromatic heterocycles. The van der Waals surface area contributed by atoms with E-state index in [0.29, 0.717) is 0 Å². The third-order valence-corrected chi connectivity index (χ3v) is 4.45. The van der Waals surface area contributed by atoms with Crippen LogP contribution in [0.25, 0.3) is 32.7 Å². The summed E-state index contributed by atoms with van der Waals surface area (Å²) in [6.45, 7) is 0. The molecule has 4 rings (SSSR count). The number of hydrogen-bond acceptors (Lipinski definition) is 2. The predicted molar refractivity (Wildman–Crippen MR) is 111 cm³/mol. The number of nitrogens with two attached hydrogens (primary N) is 1. The Morgan fingerprint density at radius 1 is 0.600 bits per heavy atom. The van der Waals surface area contributed by atoms with Gasteiger partial charge < -0.3 is 10.6 Å². The maximum absolute atomic E-state index is 4.50. The van der Waals surface area contributed by atoms with E-state index in [9.17, 15) is 0 Å². The van der Waals surface area contributed by atoms with Gasteiger partial charge in [-0.2, -0.15) is 0 Å². The van der Waals surface area contributed by atoms with Gasteiger partial charge in [0.2, 0.25) is 0 Å². The zero-order valence-corrected chi connectivity index (χ0v) is 15.0. The Labute approximate surface area is 149 Å². The Kier molecular flexibility index (Phi) is 5.01. The number of anilines is 1. The number of hydrogen-bond donors (Lipinski definition) is 1. The summed E-state index contributed by atoms with van der Waals surface area (Å²) >= 11 is 0. The van der Waals surface area contributed by atoms with Gasteiger partial charge in [-0.05, 0) is 40.2 Å². The Hall–Kier alpha value is -2.84. The largest absolute Gasteiger partial charge is 0.377 e. The molecule has 0 unspecified atom stereocenters. The minimum absolute atomic E-state index is 1.25. The first-order chi connectivity index (χ1) is 12.3. The van der Waals surface area contributed by atoms with Crippen LogP contribution in [0.1, 0.15) is 0 Å². The molecule has 126 valence electrons. The van der Waals surface area contributed by atoms with Gasteiger partial charge in [-0.25, -0.2) is 0 Å². The summed E-state index contributed by atoms with van der Waals surface area (Å²) in [5.41, 5.74) is 8.36. The molecule has 0 aliphatic carbocycles. The van der Waals surface area contributed by atoms with Crippen LogP contribution in [0.5, 0.6) is 0 Å². The molecule has 0 fully saturated rings. The Balaban J connectivity index is 0.000000880. The van der Waals surface area contributed by atoms with Crippen LogP contribution in [0.3, 0.4) is 0 Å². The topological polar surface area (TPSA) is 29.3 Å². The van der Waals surface area contributed by atoms with E-state index in [1.807, 2.05) is 0 Å². The Morgan fingerprint density at radius 2 is 1.16 bits per heavy atom. The van der Waals surface area contributed by atoms with Crippen molar-refractivity contribution in [3.8, 4) is 11.1 Å². The fraction of sp³-hybridized carbons (Fsp3) is 0.130. The predicted octanol–water partition coefficient (Wildman–Crippen LogP) is 5.30. The van der Waals surface area contributed by atoms with Gasteiger partial charge in [0, 0.05) is 25.3 Å². The molecule has 0 saturated heterocycles. The van der Waals surface area contributed by atoms with E-state index < -0.39 is 0 Å². The second-order valence-corrected chi connectivity index (χ2v) is 6.10. The zero-order chi connectivity index (χ0) is 17.8. The monoisotopic (exact) mass is 328 g/mol. The van der Waals surface area contributed by atoms with E-state index in [0.717, 1.165) is 0 Å². The van der Waals surface area contributed by atoms with E-state index in [-0.39, 0.29) is 0 Å². The number of rotatable bonds is 2. The van der Waals surface area contributed by atoms with Gasteiger partial charge in [0.15, 0.2) is 0 Å². The van der Waals surface area contributed by atoms with E-state index in [1.54, 1.807) is 0 Å². The highest BCUT2D eigenvalue weighted by molar-refractivity contribution is 6.09. The van der Waals surface area contributed by atoms with Crippen LogP contribution in [0.4, 0.5) is 5.69 Å². The van der Waals surface area contributed by atoms with Crippen molar-refractivity contribution in [2.45, 2.75) is 0 Å². The van der Waals surface area contributed by atoms with Gasteiger partial charge in [0.05, 0.1) is 0 Å². The molecule has 2 N–H and O–H groups in total. The Morgan fingerprint density at radius 3 is 1.84 bits per heavy atom. The summed E-state index contributed by atoms with van der Waals surface area (Å²) in [7, 11) is 5.72. The van der Waals surface area contributed by atoms with Crippen LogP contribution in [0, 0.1) is 0 Å². The van der Waals surface area contributed by atoms with E-state index >= 15 is 0 Å². The highest BCUT2D eigenvalue weighted by Gasteiger charge is 2.13. The van der Waals surface area contributed by atoms with Crippen LogP contribution >= 0.6 is 0 Å². The summed E-state index contributed by atoms with van der Waals surface area (Å²) in [6.07, 6.45) is 0. The lowest BCUT2D eigenvalue weighted by Crippen LogP contribution is -2.10. The van der Waals surface area contributed by atoms with Crippen LogP contribution in [0.15, 0.2) is 78.9 Å². The normalized spacial score (nSPS) is 10.4. The van der Waals surface area contributed by atoms with Crippen molar-refractivity contribution in [3.05, 3.63) is 78.9 Å². The fourth-order valence-corrected chi connectivity index (χ4v) is 3.36. The highest BCUT2D eigenvalue weighted by Crippen LogP contribution is 2.40. The molecule has 0 atom stereocenters. The van der Waals surface area contributed by atoms with Gasteiger partial charge >= 0.3 is 0 Å². The van der Waals surface area contributed by atoms with Gasteiger partial charge in [-0.3, -0.25) is 0 Å². The lowest BCUT2D eigenvalue weighted by molar-refractivity contribution is 1.14. The van der Waals surface area contributed by atoms with Crippen molar-refractivity contribution in [2.24, 2.45) is 5.73 Å². The lowest BCUT2D eigenvalue weighted by Gasteiger charge is -2.21.